The number of hydrogen-bond acceptors (Lipinski definition) is 7. The van der Waals surface area contributed by atoms with Crippen LogP contribution in [0.1, 0.15) is 6.42 Å². The van der Waals surface area contributed by atoms with Crippen molar-refractivity contribution in [3.63, 3.8) is 0 Å². The molecule has 120 valence electrons. The number of aliphatic hydroxyl groups is 2. The van der Waals surface area contributed by atoms with Crippen LogP contribution in [0.5, 0.6) is 0 Å². The first-order valence-corrected chi connectivity index (χ1v) is 6.81. The van der Waals surface area contributed by atoms with Crippen molar-refractivity contribution in [2.45, 2.75) is 37.1 Å². The third-order valence-corrected chi connectivity index (χ3v) is 4.53. The summed E-state index contributed by atoms with van der Waals surface area (Å²) in [5, 5.41) is 28.2. The Morgan fingerprint density at radius 1 is 1.48 bits per heavy atom. The molecule has 1 amide bonds. The first-order chi connectivity index (χ1) is 9.52. The summed E-state index contributed by atoms with van der Waals surface area (Å²) in [7, 11) is 0. The molecule has 1 saturated carbocycles. The van der Waals surface area contributed by atoms with Crippen LogP contribution in [0.3, 0.4) is 0 Å². The number of nitrogens with one attached hydrogen (secondary N) is 3. The summed E-state index contributed by atoms with van der Waals surface area (Å²) in [6.07, 6.45) is -0.903. The van der Waals surface area contributed by atoms with E-state index >= 15 is 0 Å². The van der Waals surface area contributed by atoms with E-state index in [2.05, 4.69) is 22.5 Å². The summed E-state index contributed by atoms with van der Waals surface area (Å²) < 4.78 is 0. The lowest BCUT2D eigenvalue weighted by Crippen LogP contribution is -2.70. The minimum Gasteiger partial charge on any atom is -0.412 e. The third-order valence-electron chi connectivity index (χ3n) is 4.53. The molecule has 0 radical (unpaired) electrons. The molecule has 9 nitrogen and oxygen atoms in total. The van der Waals surface area contributed by atoms with E-state index in [1.165, 1.54) is 0 Å². The molecule has 3 rings (SSSR count). The molecule has 6 unspecified atom stereocenters. The van der Waals surface area contributed by atoms with Crippen LogP contribution in [-0.2, 0) is 4.79 Å². The standard InChI is InChI=1S/C12H21N5O3.H2O/c1-5-6(3-18)8(19)2-7(5)17-4-14-9-10(17)15-12(13)16-11(9)20;/h6-10,12,14-15,18-19H,1-4,13H2,(H,16,20);1H2. The van der Waals surface area contributed by atoms with E-state index < -0.39 is 12.4 Å². The molecule has 0 aromatic rings. The molecule has 0 spiro atoms. The van der Waals surface area contributed by atoms with Gasteiger partial charge in [0.15, 0.2) is 0 Å². The van der Waals surface area contributed by atoms with Crippen molar-refractivity contribution in [2.75, 3.05) is 13.3 Å². The lowest BCUT2D eigenvalue weighted by molar-refractivity contribution is -0.127. The van der Waals surface area contributed by atoms with Gasteiger partial charge < -0.3 is 21.0 Å². The van der Waals surface area contributed by atoms with Gasteiger partial charge in [0.2, 0.25) is 5.91 Å². The van der Waals surface area contributed by atoms with Gasteiger partial charge in [0.25, 0.3) is 0 Å². The predicted octanol–water partition coefficient (Wildman–Crippen LogP) is -4.02. The normalized spacial score (nSPS) is 43.4. The lowest BCUT2D eigenvalue weighted by atomic mass is 10.0. The van der Waals surface area contributed by atoms with Crippen LogP contribution in [0, 0.1) is 5.92 Å². The monoisotopic (exact) mass is 301 g/mol. The van der Waals surface area contributed by atoms with Crippen LogP contribution in [0.15, 0.2) is 12.2 Å². The Morgan fingerprint density at radius 3 is 2.81 bits per heavy atom. The number of rotatable bonds is 2. The second-order valence-corrected chi connectivity index (χ2v) is 5.63. The molecule has 0 bridgehead atoms. The van der Waals surface area contributed by atoms with Crippen molar-refractivity contribution in [3.8, 4) is 0 Å². The Morgan fingerprint density at radius 2 is 2.19 bits per heavy atom. The highest BCUT2D eigenvalue weighted by molar-refractivity contribution is 5.84. The number of hydrogen-bond donors (Lipinski definition) is 6. The number of nitrogens with two attached hydrogens (primary N) is 1. The molecule has 2 saturated heterocycles. The molecule has 3 fully saturated rings. The molecule has 9 heteroatoms. The summed E-state index contributed by atoms with van der Waals surface area (Å²) in [6.45, 7) is 4.41. The maximum absolute atomic E-state index is 11.9. The number of carbonyl (C=O) groups is 1. The van der Waals surface area contributed by atoms with Gasteiger partial charge in [0.1, 0.15) is 12.3 Å². The second kappa shape index (κ2) is 5.97. The van der Waals surface area contributed by atoms with E-state index in [-0.39, 0.29) is 42.2 Å². The van der Waals surface area contributed by atoms with Crippen molar-refractivity contribution in [2.24, 2.45) is 11.7 Å². The van der Waals surface area contributed by atoms with Crippen LogP contribution >= 0.6 is 0 Å². The molecule has 6 atom stereocenters. The Hall–Kier alpha value is -1.07. The minimum absolute atomic E-state index is 0. The number of amides is 1. The first-order valence-electron chi connectivity index (χ1n) is 6.81. The van der Waals surface area contributed by atoms with Crippen molar-refractivity contribution >= 4 is 5.91 Å². The second-order valence-electron chi connectivity index (χ2n) is 5.63. The largest absolute Gasteiger partial charge is 0.412 e. The van der Waals surface area contributed by atoms with Gasteiger partial charge in [-0.15, -0.1) is 0 Å². The van der Waals surface area contributed by atoms with Crippen molar-refractivity contribution in [3.05, 3.63) is 12.2 Å². The Balaban J connectivity index is 0.00000161. The Bertz CT molecular complexity index is 434. The Labute approximate surface area is 122 Å². The maximum Gasteiger partial charge on any atom is 0.242 e. The molecule has 1 aliphatic carbocycles. The number of aliphatic hydroxyl groups excluding tert-OH is 2. The fourth-order valence-electron chi connectivity index (χ4n) is 3.43. The van der Waals surface area contributed by atoms with Crippen LogP contribution < -0.4 is 21.7 Å². The summed E-state index contributed by atoms with van der Waals surface area (Å²) >= 11 is 0. The third kappa shape index (κ3) is 2.57. The number of nitrogens with zero attached hydrogens (tertiary/aromatic N) is 1. The van der Waals surface area contributed by atoms with Crippen molar-refractivity contribution in [1.82, 2.24) is 20.9 Å². The van der Waals surface area contributed by atoms with Gasteiger partial charge in [0.05, 0.1) is 25.5 Å². The number of carbonyl (C=O) groups excluding carboxylic acids is 1. The van der Waals surface area contributed by atoms with E-state index in [9.17, 15) is 15.0 Å². The highest BCUT2D eigenvalue weighted by Gasteiger charge is 2.49. The fourth-order valence-corrected chi connectivity index (χ4v) is 3.43. The first kappa shape index (κ1) is 16.3. The van der Waals surface area contributed by atoms with Gasteiger partial charge in [-0.3, -0.25) is 26.1 Å². The smallest absolute Gasteiger partial charge is 0.242 e. The molecular formula is C12H23N5O4. The zero-order valence-corrected chi connectivity index (χ0v) is 11.6. The van der Waals surface area contributed by atoms with Gasteiger partial charge in [0, 0.05) is 12.0 Å². The summed E-state index contributed by atoms with van der Waals surface area (Å²) in [5.74, 6) is -0.434. The zero-order chi connectivity index (χ0) is 14.4. The topological polar surface area (TPSA) is 154 Å². The average molecular weight is 301 g/mol. The molecule has 21 heavy (non-hydrogen) atoms. The Kier molecular flexibility index (Phi) is 4.63. The van der Waals surface area contributed by atoms with Gasteiger partial charge in [-0.1, -0.05) is 12.2 Å². The summed E-state index contributed by atoms with van der Waals surface area (Å²) in [4.78, 5) is 13.9. The quantitative estimate of drug-likeness (QED) is 0.284. The van der Waals surface area contributed by atoms with Crippen LogP contribution in [0.4, 0.5) is 0 Å². The van der Waals surface area contributed by atoms with E-state index in [1.807, 2.05) is 4.90 Å². The van der Waals surface area contributed by atoms with Gasteiger partial charge in [-0.25, -0.2) is 0 Å². The molecule has 9 N–H and O–H groups in total. The van der Waals surface area contributed by atoms with Gasteiger partial charge in [-0.2, -0.15) is 0 Å². The molecule has 2 heterocycles. The van der Waals surface area contributed by atoms with E-state index in [1.54, 1.807) is 0 Å². The number of fused-ring (bicyclic) bond motifs is 1. The molecular weight excluding hydrogens is 278 g/mol. The van der Waals surface area contributed by atoms with E-state index in [4.69, 9.17) is 5.73 Å². The van der Waals surface area contributed by atoms with E-state index in [0.717, 1.165) is 5.57 Å². The summed E-state index contributed by atoms with van der Waals surface area (Å²) in [5.41, 5.74) is 6.56. The van der Waals surface area contributed by atoms with Crippen LogP contribution in [-0.4, -0.2) is 70.4 Å². The summed E-state index contributed by atoms with van der Waals surface area (Å²) in [6, 6.07) is -0.442. The minimum atomic E-state index is -0.595. The van der Waals surface area contributed by atoms with Crippen molar-refractivity contribution in [1.29, 1.82) is 0 Å². The molecule has 0 aromatic carbocycles. The van der Waals surface area contributed by atoms with Crippen molar-refractivity contribution < 1.29 is 20.5 Å². The molecule has 0 aromatic heterocycles. The van der Waals surface area contributed by atoms with Crippen LogP contribution in [0.25, 0.3) is 0 Å². The zero-order valence-electron chi connectivity index (χ0n) is 11.6. The van der Waals surface area contributed by atoms with Gasteiger partial charge in [-0.05, 0) is 6.42 Å². The average Bonchev–Trinajstić information content (AvgIpc) is 2.91. The predicted molar refractivity (Wildman–Crippen MR) is 74.4 cm³/mol. The maximum atomic E-state index is 11.9. The highest BCUT2D eigenvalue weighted by Crippen LogP contribution is 2.35. The van der Waals surface area contributed by atoms with E-state index in [0.29, 0.717) is 13.1 Å². The van der Waals surface area contributed by atoms with Gasteiger partial charge >= 0.3 is 0 Å². The fraction of sp³-hybridized carbons (Fsp3) is 0.750. The van der Waals surface area contributed by atoms with Crippen LogP contribution in [0.2, 0.25) is 0 Å². The molecule has 3 aliphatic rings. The highest BCUT2D eigenvalue weighted by atomic mass is 16.3. The molecule has 2 aliphatic heterocycles. The lowest BCUT2D eigenvalue weighted by Gasteiger charge is -2.37. The SMILES string of the molecule is C=C1C(CO)C(O)CC1N1CNC2C(=O)NC(N)NC21.O.